The summed E-state index contributed by atoms with van der Waals surface area (Å²) in [6.45, 7) is 8.30. The van der Waals surface area contributed by atoms with Gasteiger partial charge in [0.2, 0.25) is 11.8 Å². The Balaban J connectivity index is 2.17. The smallest absolute Gasteiger partial charge is 0.242 e. The molecule has 8 heteroatoms. The highest BCUT2D eigenvalue weighted by Crippen LogP contribution is 2.32. The summed E-state index contributed by atoms with van der Waals surface area (Å²) in [5.74, 6) is -1.13. The lowest BCUT2D eigenvalue weighted by Crippen LogP contribution is -2.59. The molecule has 0 saturated carbocycles. The second-order valence-corrected chi connectivity index (χ2v) is 8.94. The summed E-state index contributed by atoms with van der Waals surface area (Å²) in [5.41, 5.74) is 0. The average Bonchev–Trinajstić information content (AvgIpc) is 2.78. The van der Waals surface area contributed by atoms with Crippen LogP contribution in [0.25, 0.3) is 0 Å². The molecule has 2 fully saturated rings. The molecule has 0 aromatic heterocycles. The highest BCUT2D eigenvalue weighted by atomic mass is 16.8. The summed E-state index contributed by atoms with van der Waals surface area (Å²) < 4.78 is 11.9. The minimum absolute atomic E-state index is 0.179. The van der Waals surface area contributed by atoms with Crippen molar-refractivity contribution < 1.29 is 24.2 Å². The molecule has 0 radical (unpaired) electrons. The van der Waals surface area contributed by atoms with E-state index in [9.17, 15) is 14.7 Å². The number of carbonyl (C=O) groups excluding carboxylic acids is 2. The number of rotatable bonds is 7. The van der Waals surface area contributed by atoms with Crippen molar-refractivity contribution in [2.45, 2.75) is 83.1 Å². The predicted molar refractivity (Wildman–Crippen MR) is 110 cm³/mol. The third-order valence-corrected chi connectivity index (χ3v) is 5.19. The van der Waals surface area contributed by atoms with Crippen LogP contribution in [0, 0.1) is 5.92 Å². The molecule has 5 atom stereocenters. The lowest BCUT2D eigenvalue weighted by Gasteiger charge is -2.33. The number of allylic oxidation sites excluding steroid dienone is 1. The van der Waals surface area contributed by atoms with Gasteiger partial charge in [-0.3, -0.25) is 14.5 Å². The molecule has 0 unspecified atom stereocenters. The number of amides is 2. The first kappa shape index (κ1) is 23.8. The number of aliphatic hydroxyl groups excluding tert-OH is 1. The molecule has 2 rings (SSSR count). The summed E-state index contributed by atoms with van der Waals surface area (Å²) in [7, 11) is 3.45. The van der Waals surface area contributed by atoms with Gasteiger partial charge in [-0.25, -0.2) is 0 Å². The van der Waals surface area contributed by atoms with Crippen LogP contribution in [-0.2, 0) is 19.1 Å². The van der Waals surface area contributed by atoms with Crippen LogP contribution in [0.15, 0.2) is 12.2 Å². The third kappa shape index (κ3) is 6.50. The Bertz CT molecular complexity index is 605. The molecule has 0 aliphatic carbocycles. The van der Waals surface area contributed by atoms with E-state index in [0.717, 1.165) is 12.8 Å². The normalized spacial score (nSPS) is 29.7. The van der Waals surface area contributed by atoms with Gasteiger partial charge in [-0.15, -0.1) is 0 Å². The maximum absolute atomic E-state index is 13.0. The SMILES string of the molecule is CC(C)/C=C/[C@H]1OC(C)(C)O[C@@H]1[C@H](O)[C@@H](C(=O)N[C@H]1CCCCNC1=O)N(C)C. The van der Waals surface area contributed by atoms with Crippen LogP contribution in [-0.4, -0.2) is 78.6 Å². The van der Waals surface area contributed by atoms with E-state index in [4.69, 9.17) is 9.47 Å². The molecule has 0 spiro atoms. The van der Waals surface area contributed by atoms with Crippen molar-refractivity contribution in [1.29, 1.82) is 0 Å². The van der Waals surface area contributed by atoms with Gasteiger partial charge in [0.05, 0.1) is 0 Å². The van der Waals surface area contributed by atoms with Crippen molar-refractivity contribution in [1.82, 2.24) is 15.5 Å². The molecular formula is C21H37N3O5. The van der Waals surface area contributed by atoms with Gasteiger partial charge in [0.1, 0.15) is 30.4 Å². The van der Waals surface area contributed by atoms with Gasteiger partial charge in [0.25, 0.3) is 0 Å². The van der Waals surface area contributed by atoms with Crippen molar-refractivity contribution in [3.05, 3.63) is 12.2 Å². The fraction of sp³-hybridized carbons (Fsp3) is 0.810. The van der Waals surface area contributed by atoms with Gasteiger partial charge in [-0.1, -0.05) is 26.0 Å². The Morgan fingerprint density at radius 3 is 2.62 bits per heavy atom. The van der Waals surface area contributed by atoms with Gasteiger partial charge in [-0.05, 0) is 53.1 Å². The highest BCUT2D eigenvalue weighted by Gasteiger charge is 2.48. The summed E-state index contributed by atoms with van der Waals surface area (Å²) in [6, 6.07) is -1.48. The second kappa shape index (κ2) is 10.0. The summed E-state index contributed by atoms with van der Waals surface area (Å²) in [5, 5.41) is 16.8. The third-order valence-electron chi connectivity index (χ3n) is 5.19. The Kier molecular flexibility index (Phi) is 8.22. The van der Waals surface area contributed by atoms with Crippen LogP contribution in [0.4, 0.5) is 0 Å². The van der Waals surface area contributed by atoms with Crippen molar-refractivity contribution in [3.63, 3.8) is 0 Å². The fourth-order valence-corrected chi connectivity index (χ4v) is 3.77. The van der Waals surface area contributed by atoms with E-state index in [2.05, 4.69) is 24.5 Å². The number of nitrogens with zero attached hydrogens (tertiary/aromatic N) is 1. The quantitative estimate of drug-likeness (QED) is 0.536. The Morgan fingerprint density at radius 2 is 2.00 bits per heavy atom. The zero-order valence-electron chi connectivity index (χ0n) is 18.5. The molecule has 0 aromatic rings. The Labute approximate surface area is 174 Å². The van der Waals surface area contributed by atoms with Crippen LogP contribution in [0.2, 0.25) is 0 Å². The molecule has 2 aliphatic heterocycles. The Hall–Kier alpha value is -1.48. The molecule has 2 aliphatic rings. The second-order valence-electron chi connectivity index (χ2n) is 8.94. The van der Waals surface area contributed by atoms with E-state index in [1.54, 1.807) is 32.8 Å². The largest absolute Gasteiger partial charge is 0.388 e. The lowest BCUT2D eigenvalue weighted by atomic mass is 9.97. The summed E-state index contributed by atoms with van der Waals surface area (Å²) in [4.78, 5) is 26.9. The molecule has 166 valence electrons. The van der Waals surface area contributed by atoms with Crippen molar-refractivity contribution in [3.8, 4) is 0 Å². The number of aliphatic hydroxyl groups is 1. The molecule has 8 nitrogen and oxygen atoms in total. The molecule has 2 saturated heterocycles. The first-order valence-electron chi connectivity index (χ1n) is 10.5. The van der Waals surface area contributed by atoms with E-state index in [1.807, 2.05) is 12.2 Å². The van der Waals surface area contributed by atoms with Crippen LogP contribution >= 0.6 is 0 Å². The van der Waals surface area contributed by atoms with Crippen molar-refractivity contribution in [2.24, 2.45) is 5.92 Å². The van der Waals surface area contributed by atoms with Crippen LogP contribution in [0.1, 0.15) is 47.0 Å². The average molecular weight is 412 g/mol. The topological polar surface area (TPSA) is 100 Å². The Morgan fingerprint density at radius 1 is 1.31 bits per heavy atom. The van der Waals surface area contributed by atoms with Crippen LogP contribution < -0.4 is 10.6 Å². The number of likely N-dealkylation sites (N-methyl/N-ethyl adjacent to an activating group) is 1. The number of carbonyl (C=O) groups is 2. The number of nitrogens with one attached hydrogen (secondary N) is 2. The zero-order valence-corrected chi connectivity index (χ0v) is 18.5. The number of hydrogen-bond acceptors (Lipinski definition) is 6. The van der Waals surface area contributed by atoms with E-state index >= 15 is 0 Å². The van der Waals surface area contributed by atoms with E-state index < -0.39 is 42.1 Å². The standard InChI is InChI=1S/C21H37N3O5/c1-13(2)10-11-15-18(29-21(3,4)28-15)17(25)16(24(5)6)20(27)23-14-9-7-8-12-22-19(14)26/h10-11,13-18,25H,7-9,12H2,1-6H3,(H,22,26)(H,23,27)/b11-10+/t14-,15+,16-,17+,18-/m0/s1. The van der Waals surface area contributed by atoms with E-state index in [-0.39, 0.29) is 5.91 Å². The van der Waals surface area contributed by atoms with Gasteiger partial charge < -0.3 is 25.2 Å². The fourth-order valence-electron chi connectivity index (χ4n) is 3.77. The van der Waals surface area contributed by atoms with E-state index in [1.165, 1.54) is 0 Å². The molecule has 0 aromatic carbocycles. The summed E-state index contributed by atoms with van der Waals surface area (Å²) in [6.07, 6.45) is 3.90. The maximum Gasteiger partial charge on any atom is 0.242 e. The van der Waals surface area contributed by atoms with Crippen LogP contribution in [0.3, 0.4) is 0 Å². The molecule has 0 bridgehead atoms. The van der Waals surface area contributed by atoms with Gasteiger partial charge in [-0.2, -0.15) is 0 Å². The minimum Gasteiger partial charge on any atom is -0.388 e. The predicted octanol–water partition coefficient (Wildman–Crippen LogP) is 0.795. The monoisotopic (exact) mass is 411 g/mol. The van der Waals surface area contributed by atoms with E-state index in [0.29, 0.717) is 18.9 Å². The van der Waals surface area contributed by atoms with Crippen molar-refractivity contribution >= 4 is 11.8 Å². The molecule has 2 amide bonds. The highest BCUT2D eigenvalue weighted by molar-refractivity contribution is 5.90. The van der Waals surface area contributed by atoms with Gasteiger partial charge >= 0.3 is 0 Å². The maximum atomic E-state index is 13.0. The zero-order chi connectivity index (χ0) is 21.8. The molecule has 3 N–H and O–H groups in total. The molecular weight excluding hydrogens is 374 g/mol. The minimum atomic E-state index is -1.14. The summed E-state index contributed by atoms with van der Waals surface area (Å²) >= 11 is 0. The molecule has 29 heavy (non-hydrogen) atoms. The first-order chi connectivity index (χ1) is 13.5. The van der Waals surface area contributed by atoms with Gasteiger partial charge in [0, 0.05) is 6.54 Å². The van der Waals surface area contributed by atoms with Crippen molar-refractivity contribution in [2.75, 3.05) is 20.6 Å². The first-order valence-corrected chi connectivity index (χ1v) is 10.5. The molecule has 2 heterocycles. The van der Waals surface area contributed by atoms with Gasteiger partial charge in [0.15, 0.2) is 5.79 Å². The van der Waals surface area contributed by atoms with Crippen LogP contribution in [0.5, 0.6) is 0 Å². The number of hydrogen-bond donors (Lipinski definition) is 3. The number of ether oxygens (including phenoxy) is 2. The lowest BCUT2D eigenvalue weighted by molar-refractivity contribution is -0.161.